The van der Waals surface area contributed by atoms with Gasteiger partial charge in [-0.25, -0.2) is 0 Å². The standard InChI is InChI=1S/C13H19NOS/c1-4-14(5-2)13(15)10-11-6-8-12(16-3)9-7-11/h6-9H,4-5,10H2,1-3H3. The SMILES string of the molecule is CCN(CC)C(=O)Cc1ccc(SC)cc1. The number of hydrogen-bond acceptors (Lipinski definition) is 2. The Morgan fingerprint density at radius 2 is 1.75 bits per heavy atom. The third-order valence-electron chi connectivity index (χ3n) is 2.63. The van der Waals surface area contributed by atoms with Gasteiger partial charge in [0.25, 0.3) is 0 Å². The fraction of sp³-hybridized carbons (Fsp3) is 0.462. The average Bonchev–Trinajstić information content (AvgIpc) is 2.31. The van der Waals surface area contributed by atoms with Crippen molar-refractivity contribution >= 4 is 17.7 Å². The molecule has 0 atom stereocenters. The van der Waals surface area contributed by atoms with Gasteiger partial charge in [-0.1, -0.05) is 12.1 Å². The van der Waals surface area contributed by atoms with Crippen molar-refractivity contribution in [3.8, 4) is 0 Å². The summed E-state index contributed by atoms with van der Waals surface area (Å²) in [5.74, 6) is 0.210. The van der Waals surface area contributed by atoms with E-state index in [1.54, 1.807) is 11.8 Å². The molecule has 3 heteroatoms. The summed E-state index contributed by atoms with van der Waals surface area (Å²) < 4.78 is 0. The molecule has 1 amide bonds. The summed E-state index contributed by atoms with van der Waals surface area (Å²) in [6, 6.07) is 8.20. The van der Waals surface area contributed by atoms with E-state index in [4.69, 9.17) is 0 Å². The number of carbonyl (C=O) groups excluding carboxylic acids is 1. The first kappa shape index (κ1) is 13.1. The van der Waals surface area contributed by atoms with Crippen LogP contribution < -0.4 is 0 Å². The van der Waals surface area contributed by atoms with E-state index in [9.17, 15) is 4.79 Å². The molecule has 0 spiro atoms. The van der Waals surface area contributed by atoms with Crippen molar-refractivity contribution < 1.29 is 4.79 Å². The minimum Gasteiger partial charge on any atom is -0.343 e. The van der Waals surface area contributed by atoms with Crippen LogP contribution in [0.1, 0.15) is 19.4 Å². The Hall–Kier alpha value is -0.960. The highest BCUT2D eigenvalue weighted by Crippen LogP contribution is 2.15. The number of carbonyl (C=O) groups is 1. The summed E-state index contributed by atoms with van der Waals surface area (Å²) >= 11 is 1.72. The van der Waals surface area contributed by atoms with Gasteiger partial charge in [0.05, 0.1) is 6.42 Å². The van der Waals surface area contributed by atoms with Gasteiger partial charge in [-0.15, -0.1) is 11.8 Å². The van der Waals surface area contributed by atoms with Gasteiger partial charge in [0.1, 0.15) is 0 Å². The van der Waals surface area contributed by atoms with E-state index in [2.05, 4.69) is 18.4 Å². The van der Waals surface area contributed by atoms with Crippen molar-refractivity contribution in [2.45, 2.75) is 25.2 Å². The van der Waals surface area contributed by atoms with Crippen molar-refractivity contribution in [1.29, 1.82) is 0 Å². The maximum absolute atomic E-state index is 11.8. The van der Waals surface area contributed by atoms with Gasteiger partial charge >= 0.3 is 0 Å². The number of likely N-dealkylation sites (N-methyl/N-ethyl adjacent to an activating group) is 1. The number of benzene rings is 1. The first-order valence-corrected chi connectivity index (χ1v) is 6.84. The zero-order valence-electron chi connectivity index (χ0n) is 10.2. The molecule has 0 aliphatic carbocycles. The van der Waals surface area contributed by atoms with Crippen LogP contribution >= 0.6 is 11.8 Å². The third-order valence-corrected chi connectivity index (χ3v) is 3.37. The lowest BCUT2D eigenvalue weighted by Gasteiger charge is -2.18. The van der Waals surface area contributed by atoms with Gasteiger partial charge in [0.2, 0.25) is 5.91 Å². The Bertz CT molecular complexity index is 330. The maximum Gasteiger partial charge on any atom is 0.226 e. The Labute approximate surface area is 102 Å². The summed E-state index contributed by atoms with van der Waals surface area (Å²) in [7, 11) is 0. The van der Waals surface area contributed by atoms with Crippen LogP contribution in [0.4, 0.5) is 0 Å². The molecule has 16 heavy (non-hydrogen) atoms. The fourth-order valence-electron chi connectivity index (χ4n) is 1.61. The minimum atomic E-state index is 0.210. The van der Waals surface area contributed by atoms with E-state index in [1.807, 2.05) is 30.9 Å². The Morgan fingerprint density at radius 1 is 1.19 bits per heavy atom. The molecule has 2 nitrogen and oxygen atoms in total. The Morgan fingerprint density at radius 3 is 2.19 bits per heavy atom. The van der Waals surface area contributed by atoms with Crippen LogP contribution in [0.2, 0.25) is 0 Å². The van der Waals surface area contributed by atoms with Crippen LogP contribution in [0.25, 0.3) is 0 Å². The highest BCUT2D eigenvalue weighted by atomic mass is 32.2. The monoisotopic (exact) mass is 237 g/mol. The normalized spacial score (nSPS) is 10.2. The second-order valence-electron chi connectivity index (χ2n) is 3.59. The zero-order valence-corrected chi connectivity index (χ0v) is 11.0. The molecular formula is C13H19NOS. The van der Waals surface area contributed by atoms with Crippen molar-refractivity contribution in [3.05, 3.63) is 29.8 Å². The fourth-order valence-corrected chi connectivity index (χ4v) is 2.01. The van der Waals surface area contributed by atoms with Gasteiger partial charge in [-0.05, 0) is 37.8 Å². The molecule has 1 aromatic rings. The second-order valence-corrected chi connectivity index (χ2v) is 4.47. The Balaban J connectivity index is 2.62. The average molecular weight is 237 g/mol. The summed E-state index contributed by atoms with van der Waals surface area (Å²) in [5.41, 5.74) is 1.09. The van der Waals surface area contributed by atoms with E-state index in [0.717, 1.165) is 18.7 Å². The van der Waals surface area contributed by atoms with Crippen LogP contribution in [0, 0.1) is 0 Å². The van der Waals surface area contributed by atoms with Gasteiger partial charge in [0, 0.05) is 18.0 Å². The van der Waals surface area contributed by atoms with E-state index < -0.39 is 0 Å². The van der Waals surface area contributed by atoms with Crippen molar-refractivity contribution in [3.63, 3.8) is 0 Å². The molecule has 0 saturated carbocycles. The zero-order chi connectivity index (χ0) is 12.0. The highest BCUT2D eigenvalue weighted by molar-refractivity contribution is 7.98. The lowest BCUT2D eigenvalue weighted by atomic mass is 10.1. The van der Waals surface area contributed by atoms with Crippen molar-refractivity contribution in [2.24, 2.45) is 0 Å². The molecule has 0 bridgehead atoms. The van der Waals surface area contributed by atoms with Crippen molar-refractivity contribution in [2.75, 3.05) is 19.3 Å². The number of amides is 1. The van der Waals surface area contributed by atoms with E-state index in [-0.39, 0.29) is 5.91 Å². The molecule has 0 unspecified atom stereocenters. The second kappa shape index (κ2) is 6.59. The van der Waals surface area contributed by atoms with Crippen LogP contribution in [0.3, 0.4) is 0 Å². The minimum absolute atomic E-state index is 0.210. The maximum atomic E-state index is 11.8. The number of hydrogen-bond donors (Lipinski definition) is 0. The van der Waals surface area contributed by atoms with Crippen LogP contribution in [0.5, 0.6) is 0 Å². The molecule has 0 fully saturated rings. The largest absolute Gasteiger partial charge is 0.343 e. The Kier molecular flexibility index (Phi) is 5.39. The number of thioether (sulfide) groups is 1. The molecule has 0 radical (unpaired) electrons. The van der Waals surface area contributed by atoms with Gasteiger partial charge in [-0.2, -0.15) is 0 Å². The number of nitrogens with zero attached hydrogens (tertiary/aromatic N) is 1. The summed E-state index contributed by atoms with van der Waals surface area (Å²) in [5, 5.41) is 0. The van der Waals surface area contributed by atoms with Crippen LogP contribution in [0.15, 0.2) is 29.2 Å². The van der Waals surface area contributed by atoms with E-state index in [0.29, 0.717) is 6.42 Å². The first-order valence-electron chi connectivity index (χ1n) is 5.62. The highest BCUT2D eigenvalue weighted by Gasteiger charge is 2.09. The molecule has 0 aliphatic rings. The van der Waals surface area contributed by atoms with E-state index in [1.165, 1.54) is 4.90 Å². The molecule has 0 N–H and O–H groups in total. The topological polar surface area (TPSA) is 20.3 Å². The molecular weight excluding hydrogens is 218 g/mol. The molecule has 1 rings (SSSR count). The predicted octanol–water partition coefficient (Wildman–Crippen LogP) is 2.82. The predicted molar refractivity (Wildman–Crippen MR) is 69.9 cm³/mol. The summed E-state index contributed by atoms with van der Waals surface area (Å²) in [6.07, 6.45) is 2.56. The molecule has 88 valence electrons. The third kappa shape index (κ3) is 3.56. The lowest BCUT2D eigenvalue weighted by Crippen LogP contribution is -2.31. The van der Waals surface area contributed by atoms with Gasteiger partial charge in [-0.3, -0.25) is 4.79 Å². The van der Waals surface area contributed by atoms with Gasteiger partial charge in [0.15, 0.2) is 0 Å². The molecule has 0 heterocycles. The first-order chi connectivity index (χ1) is 7.71. The van der Waals surface area contributed by atoms with E-state index >= 15 is 0 Å². The van der Waals surface area contributed by atoms with Gasteiger partial charge < -0.3 is 4.90 Å². The molecule has 0 saturated heterocycles. The molecule has 0 aromatic heterocycles. The molecule has 1 aromatic carbocycles. The van der Waals surface area contributed by atoms with Crippen LogP contribution in [-0.2, 0) is 11.2 Å². The summed E-state index contributed by atoms with van der Waals surface area (Å²) in [4.78, 5) is 14.9. The number of rotatable bonds is 5. The lowest BCUT2D eigenvalue weighted by molar-refractivity contribution is -0.130. The smallest absolute Gasteiger partial charge is 0.226 e. The molecule has 0 aliphatic heterocycles. The van der Waals surface area contributed by atoms with Crippen LogP contribution in [-0.4, -0.2) is 30.2 Å². The van der Waals surface area contributed by atoms with Crippen molar-refractivity contribution in [1.82, 2.24) is 4.90 Å². The quantitative estimate of drug-likeness (QED) is 0.734. The summed E-state index contributed by atoms with van der Waals surface area (Å²) in [6.45, 7) is 5.60.